The van der Waals surface area contributed by atoms with Crippen LogP contribution in [-0.2, 0) is 6.18 Å². The van der Waals surface area contributed by atoms with E-state index >= 15 is 0 Å². The van der Waals surface area contributed by atoms with Gasteiger partial charge in [-0.15, -0.1) is 0 Å². The Morgan fingerprint density at radius 2 is 2.03 bits per heavy atom. The Kier molecular flexibility index (Phi) is 5.99. The Morgan fingerprint density at radius 1 is 1.24 bits per heavy atom. The molecule has 1 aliphatic rings. The third-order valence-corrected chi connectivity index (χ3v) is 3.73. The molecule has 154 valence electrons. The van der Waals surface area contributed by atoms with E-state index in [4.69, 9.17) is 5.73 Å². The first kappa shape index (κ1) is 20.6. The number of alkyl halides is 3. The maximum absolute atomic E-state index is 12.9. The summed E-state index contributed by atoms with van der Waals surface area (Å²) in [5, 5.41) is 1.48. The lowest BCUT2D eigenvalue weighted by Crippen LogP contribution is -2.60. The van der Waals surface area contributed by atoms with Gasteiger partial charge in [-0.2, -0.15) is 13.2 Å². The molecule has 0 fully saturated rings. The summed E-state index contributed by atoms with van der Waals surface area (Å²) in [7, 11) is 0. The van der Waals surface area contributed by atoms with Crippen molar-refractivity contribution in [3.63, 3.8) is 0 Å². The van der Waals surface area contributed by atoms with E-state index in [-0.39, 0.29) is 5.69 Å². The zero-order chi connectivity index (χ0) is 21.0. The van der Waals surface area contributed by atoms with Crippen molar-refractivity contribution in [1.82, 2.24) is 31.5 Å². The third-order valence-electron chi connectivity index (χ3n) is 3.73. The summed E-state index contributed by atoms with van der Waals surface area (Å²) in [6.07, 6.45) is -1.85. The monoisotopic (exact) mass is 406 g/mol. The van der Waals surface area contributed by atoms with Crippen molar-refractivity contribution < 1.29 is 13.2 Å². The van der Waals surface area contributed by atoms with E-state index in [1.54, 1.807) is 24.3 Å². The number of pyridine rings is 2. The fourth-order valence-corrected chi connectivity index (χ4v) is 2.39. The molecule has 0 saturated heterocycles. The molecule has 2 aromatic heterocycles. The molecule has 5 N–H and O–H groups in total. The molecular formula is C18H21F3N8. The fraction of sp³-hybridized carbons (Fsp3) is 0.278. The van der Waals surface area contributed by atoms with Gasteiger partial charge >= 0.3 is 6.18 Å². The summed E-state index contributed by atoms with van der Waals surface area (Å²) >= 11 is 0. The lowest BCUT2D eigenvalue weighted by molar-refractivity contribution is -0.141. The molecule has 0 radical (unpaired) electrons. The molecule has 3 rings (SSSR count). The fourth-order valence-electron chi connectivity index (χ4n) is 2.39. The van der Waals surface area contributed by atoms with E-state index in [1.807, 2.05) is 13.8 Å². The third kappa shape index (κ3) is 5.65. The Bertz CT molecular complexity index is 923. The van der Waals surface area contributed by atoms with Crippen LogP contribution in [0.3, 0.4) is 0 Å². The van der Waals surface area contributed by atoms with Gasteiger partial charge in [0, 0.05) is 18.8 Å². The number of nitrogens with one attached hydrogen (secondary N) is 3. The number of nitrogens with zero attached hydrogens (tertiary/aromatic N) is 4. The molecule has 1 aliphatic heterocycles. The minimum Gasteiger partial charge on any atom is -0.384 e. The minimum absolute atomic E-state index is 0.108. The Labute approximate surface area is 165 Å². The summed E-state index contributed by atoms with van der Waals surface area (Å²) in [4.78, 5) is 11.9. The van der Waals surface area contributed by atoms with Crippen LogP contribution < -0.4 is 22.0 Å². The van der Waals surface area contributed by atoms with Crippen LogP contribution in [0.1, 0.15) is 25.2 Å². The van der Waals surface area contributed by atoms with Crippen LogP contribution >= 0.6 is 0 Å². The zero-order valence-corrected chi connectivity index (χ0v) is 15.8. The van der Waals surface area contributed by atoms with Crippen molar-refractivity contribution in [3.8, 4) is 0 Å². The van der Waals surface area contributed by atoms with E-state index in [2.05, 4.69) is 31.2 Å². The van der Waals surface area contributed by atoms with Gasteiger partial charge in [0.2, 0.25) is 0 Å². The van der Waals surface area contributed by atoms with Crippen molar-refractivity contribution >= 4 is 23.0 Å². The highest BCUT2D eigenvalue weighted by Crippen LogP contribution is 2.29. The standard InChI is InChI=1S/C18H21F3N8/c1-11(2)10-24-29-27-14(13-4-3-5-16(22)26-13)9-17(28-29)25-12-6-7-23-15(8-12)18(19,20)21/h3-9,11,24,27H,10H2,1-2H3,(H2,22,26)(H,23,25,28). The van der Waals surface area contributed by atoms with Crippen LogP contribution in [0, 0.1) is 5.92 Å². The van der Waals surface area contributed by atoms with Gasteiger partial charge in [0.25, 0.3) is 0 Å². The van der Waals surface area contributed by atoms with Gasteiger partial charge < -0.3 is 5.73 Å². The lowest BCUT2D eigenvalue weighted by atomic mass is 10.2. The van der Waals surface area contributed by atoms with Crippen LogP contribution in [0.5, 0.6) is 0 Å². The largest absolute Gasteiger partial charge is 0.433 e. The van der Waals surface area contributed by atoms with Gasteiger partial charge in [-0.1, -0.05) is 25.1 Å². The summed E-state index contributed by atoms with van der Waals surface area (Å²) < 4.78 is 38.8. The molecule has 0 aliphatic carbocycles. The summed E-state index contributed by atoms with van der Waals surface area (Å²) in [6.45, 7) is 4.72. The summed E-state index contributed by atoms with van der Waals surface area (Å²) in [5.41, 5.74) is 15.1. The Morgan fingerprint density at radius 3 is 2.72 bits per heavy atom. The van der Waals surface area contributed by atoms with Crippen molar-refractivity contribution in [2.24, 2.45) is 10.9 Å². The number of nitrogens with two attached hydrogens (primary N) is 1. The average molecular weight is 406 g/mol. The van der Waals surface area contributed by atoms with Gasteiger partial charge in [0.15, 0.2) is 0 Å². The minimum atomic E-state index is -4.55. The summed E-state index contributed by atoms with van der Waals surface area (Å²) in [5.74, 6) is 1.000. The van der Waals surface area contributed by atoms with E-state index in [1.165, 1.54) is 11.3 Å². The van der Waals surface area contributed by atoms with E-state index in [9.17, 15) is 13.2 Å². The molecule has 29 heavy (non-hydrogen) atoms. The molecular weight excluding hydrogens is 385 g/mol. The number of hydrogen-bond acceptors (Lipinski definition) is 7. The number of hydrogen-bond donors (Lipinski definition) is 4. The molecule has 8 nitrogen and oxygen atoms in total. The molecule has 0 spiro atoms. The highest BCUT2D eigenvalue weighted by atomic mass is 19.4. The number of rotatable bonds is 5. The molecule has 3 heterocycles. The quantitative estimate of drug-likeness (QED) is 0.605. The second-order valence-corrected chi connectivity index (χ2v) is 6.71. The van der Waals surface area contributed by atoms with Gasteiger partial charge in [-0.05, 0) is 30.2 Å². The lowest BCUT2D eigenvalue weighted by Gasteiger charge is -2.31. The number of halogens is 3. The predicted octanol–water partition coefficient (Wildman–Crippen LogP) is 2.63. The first-order valence-electron chi connectivity index (χ1n) is 8.84. The van der Waals surface area contributed by atoms with E-state index in [0.717, 1.165) is 12.3 Å². The normalized spacial score (nSPS) is 16.5. The first-order valence-corrected chi connectivity index (χ1v) is 8.84. The maximum Gasteiger partial charge on any atom is 0.433 e. The number of anilines is 1. The van der Waals surface area contributed by atoms with Crippen molar-refractivity contribution in [1.29, 1.82) is 0 Å². The molecule has 0 saturated carbocycles. The molecule has 0 aromatic carbocycles. The SMILES string of the molecule is CC(C)CNN1NC(c2cccc(N)n2)=CC(=Nc2ccnc(C(F)(F)F)c2)N1. The van der Waals surface area contributed by atoms with Gasteiger partial charge in [0.1, 0.15) is 17.3 Å². The zero-order valence-electron chi connectivity index (χ0n) is 15.8. The van der Waals surface area contributed by atoms with Crippen molar-refractivity contribution in [3.05, 3.63) is 54.0 Å². The summed E-state index contributed by atoms with van der Waals surface area (Å²) in [6, 6.07) is 7.44. The number of amidine groups is 1. The van der Waals surface area contributed by atoms with Gasteiger partial charge in [0.05, 0.1) is 17.1 Å². The Balaban J connectivity index is 1.94. The molecule has 0 amide bonds. The number of hydrazine groups is 3. The molecule has 0 atom stereocenters. The Hall–Kier alpha value is -3.18. The molecule has 0 unspecified atom stereocenters. The van der Waals surface area contributed by atoms with Crippen molar-refractivity contribution in [2.75, 3.05) is 12.3 Å². The smallest absolute Gasteiger partial charge is 0.384 e. The van der Waals surface area contributed by atoms with Gasteiger partial charge in [-0.3, -0.25) is 15.8 Å². The van der Waals surface area contributed by atoms with Crippen LogP contribution in [0.25, 0.3) is 5.70 Å². The van der Waals surface area contributed by atoms with Crippen LogP contribution in [0.2, 0.25) is 0 Å². The van der Waals surface area contributed by atoms with E-state index in [0.29, 0.717) is 35.5 Å². The molecule has 11 heteroatoms. The van der Waals surface area contributed by atoms with E-state index < -0.39 is 11.9 Å². The number of aromatic nitrogens is 2. The van der Waals surface area contributed by atoms with Crippen LogP contribution in [0.4, 0.5) is 24.7 Å². The highest BCUT2D eigenvalue weighted by Gasteiger charge is 2.32. The maximum atomic E-state index is 12.9. The number of nitrogen functional groups attached to an aromatic ring is 1. The topological polar surface area (TPSA) is 103 Å². The van der Waals surface area contributed by atoms with Crippen LogP contribution in [0.15, 0.2) is 47.6 Å². The first-order chi connectivity index (χ1) is 13.7. The predicted molar refractivity (Wildman–Crippen MR) is 104 cm³/mol. The molecule has 0 bridgehead atoms. The van der Waals surface area contributed by atoms with Crippen molar-refractivity contribution in [2.45, 2.75) is 20.0 Å². The average Bonchev–Trinajstić information content (AvgIpc) is 2.66. The number of aliphatic imine (C=N–C) groups is 1. The second-order valence-electron chi connectivity index (χ2n) is 6.71. The van der Waals surface area contributed by atoms with Gasteiger partial charge in [-0.25, -0.2) is 15.4 Å². The second kappa shape index (κ2) is 8.45. The molecule has 2 aromatic rings. The van der Waals surface area contributed by atoms with Crippen LogP contribution in [-0.4, -0.2) is 27.6 Å². The highest BCUT2D eigenvalue weighted by molar-refractivity contribution is 6.00.